The third kappa shape index (κ3) is 4.23. The zero-order valence-electron chi connectivity index (χ0n) is 14.5. The molecule has 0 aliphatic heterocycles. The van der Waals surface area contributed by atoms with Gasteiger partial charge in [-0.1, -0.05) is 38.5 Å². The van der Waals surface area contributed by atoms with Gasteiger partial charge in [0.1, 0.15) is 5.75 Å². The number of benzene rings is 1. The summed E-state index contributed by atoms with van der Waals surface area (Å²) in [6.45, 7) is 11.6. The van der Waals surface area contributed by atoms with Crippen molar-refractivity contribution in [3.63, 3.8) is 0 Å². The Morgan fingerprint density at radius 2 is 2.00 bits per heavy atom. The maximum Gasteiger partial charge on any atom is 0.123 e. The van der Waals surface area contributed by atoms with Crippen LogP contribution in [0.25, 0.3) is 0 Å². The van der Waals surface area contributed by atoms with Gasteiger partial charge in [-0.2, -0.15) is 0 Å². The Morgan fingerprint density at radius 3 is 2.62 bits per heavy atom. The van der Waals surface area contributed by atoms with Crippen LogP contribution in [0.4, 0.5) is 0 Å². The maximum absolute atomic E-state index is 5.53. The molecule has 1 aromatic carbocycles. The highest BCUT2D eigenvalue weighted by molar-refractivity contribution is 5.38. The molecule has 2 heteroatoms. The molecule has 0 spiro atoms. The summed E-state index contributed by atoms with van der Waals surface area (Å²) >= 11 is 0. The van der Waals surface area contributed by atoms with E-state index in [4.69, 9.17) is 4.74 Å². The Labute approximate surface area is 130 Å². The molecule has 0 heterocycles. The van der Waals surface area contributed by atoms with Crippen molar-refractivity contribution >= 4 is 0 Å². The molecular formula is C19H31NO. The normalized spacial score (nSPS) is 26.4. The number of nitrogens with one attached hydrogen (secondary N) is 1. The summed E-state index contributed by atoms with van der Waals surface area (Å²) in [5.74, 6) is 1.79. The molecule has 3 atom stereocenters. The van der Waals surface area contributed by atoms with E-state index in [2.05, 4.69) is 58.1 Å². The second-order valence-electron chi connectivity index (χ2n) is 7.74. The summed E-state index contributed by atoms with van der Waals surface area (Å²) < 4.78 is 5.53. The van der Waals surface area contributed by atoms with Crippen molar-refractivity contribution < 1.29 is 4.74 Å². The van der Waals surface area contributed by atoms with Gasteiger partial charge in [-0.25, -0.2) is 0 Å². The number of aryl methyl sites for hydroxylation is 1. The quantitative estimate of drug-likeness (QED) is 0.854. The second-order valence-corrected chi connectivity index (χ2v) is 7.74. The summed E-state index contributed by atoms with van der Waals surface area (Å²) in [4.78, 5) is 0. The van der Waals surface area contributed by atoms with Crippen LogP contribution < -0.4 is 10.1 Å². The average molecular weight is 289 g/mol. The summed E-state index contributed by atoms with van der Waals surface area (Å²) in [6, 6.07) is 7.36. The van der Waals surface area contributed by atoms with Crippen molar-refractivity contribution in [3.8, 4) is 5.75 Å². The molecule has 2 nitrogen and oxygen atoms in total. The van der Waals surface area contributed by atoms with Crippen molar-refractivity contribution in [2.75, 3.05) is 7.11 Å². The lowest BCUT2D eigenvalue weighted by atomic mass is 9.70. The van der Waals surface area contributed by atoms with E-state index >= 15 is 0 Å². The van der Waals surface area contributed by atoms with E-state index in [1.54, 1.807) is 7.11 Å². The first-order chi connectivity index (χ1) is 9.80. The predicted octanol–water partition coefficient (Wildman–Crippen LogP) is 4.87. The average Bonchev–Trinajstić information content (AvgIpc) is 2.36. The topological polar surface area (TPSA) is 21.3 Å². The molecule has 0 amide bonds. The van der Waals surface area contributed by atoms with E-state index < -0.39 is 0 Å². The van der Waals surface area contributed by atoms with Crippen LogP contribution in [-0.4, -0.2) is 13.2 Å². The molecule has 21 heavy (non-hydrogen) atoms. The standard InChI is InChI=1S/C19H31NO/c1-13-7-8-18(21-6)17(10-13)15(3)20-16-9-14(2)11-19(4,5)12-16/h7-8,10,14-16,20H,9,11-12H2,1-6H3. The highest BCUT2D eigenvalue weighted by Gasteiger charge is 2.32. The van der Waals surface area contributed by atoms with Crippen LogP contribution >= 0.6 is 0 Å². The van der Waals surface area contributed by atoms with Crippen molar-refractivity contribution in [3.05, 3.63) is 29.3 Å². The summed E-state index contributed by atoms with van der Waals surface area (Å²) in [5, 5.41) is 3.84. The maximum atomic E-state index is 5.53. The third-order valence-corrected chi connectivity index (χ3v) is 4.72. The number of methoxy groups -OCH3 is 1. The summed E-state index contributed by atoms with van der Waals surface area (Å²) in [6.07, 6.45) is 3.88. The van der Waals surface area contributed by atoms with Crippen molar-refractivity contribution in [1.82, 2.24) is 5.32 Å². The monoisotopic (exact) mass is 289 g/mol. The fourth-order valence-electron chi connectivity index (χ4n) is 4.11. The van der Waals surface area contributed by atoms with Gasteiger partial charge in [-0.3, -0.25) is 0 Å². The van der Waals surface area contributed by atoms with Crippen LogP contribution in [0.5, 0.6) is 5.75 Å². The molecule has 3 unspecified atom stereocenters. The predicted molar refractivity (Wildman–Crippen MR) is 89.9 cm³/mol. The summed E-state index contributed by atoms with van der Waals surface area (Å²) in [7, 11) is 1.76. The van der Waals surface area contributed by atoms with Gasteiger partial charge in [0.15, 0.2) is 0 Å². The fraction of sp³-hybridized carbons (Fsp3) is 0.684. The van der Waals surface area contributed by atoms with Crippen LogP contribution in [0, 0.1) is 18.3 Å². The van der Waals surface area contributed by atoms with Gasteiger partial charge < -0.3 is 10.1 Å². The van der Waals surface area contributed by atoms with E-state index in [0.29, 0.717) is 17.5 Å². The van der Waals surface area contributed by atoms with Crippen LogP contribution in [0.1, 0.15) is 64.1 Å². The largest absolute Gasteiger partial charge is 0.496 e. The van der Waals surface area contributed by atoms with Gasteiger partial charge in [0.2, 0.25) is 0 Å². The van der Waals surface area contributed by atoms with Gasteiger partial charge in [0.05, 0.1) is 7.11 Å². The Hall–Kier alpha value is -1.02. The fourth-order valence-corrected chi connectivity index (χ4v) is 4.11. The molecule has 1 N–H and O–H groups in total. The second kappa shape index (κ2) is 6.39. The Bertz CT molecular complexity index is 480. The smallest absolute Gasteiger partial charge is 0.123 e. The molecule has 1 saturated carbocycles. The number of rotatable bonds is 4. The molecule has 0 saturated heterocycles. The van der Waals surface area contributed by atoms with Gasteiger partial charge in [-0.05, 0) is 50.5 Å². The van der Waals surface area contributed by atoms with Crippen LogP contribution in [0.15, 0.2) is 18.2 Å². The lowest BCUT2D eigenvalue weighted by Gasteiger charge is -2.40. The molecule has 1 fully saturated rings. The van der Waals surface area contributed by atoms with Gasteiger partial charge in [0.25, 0.3) is 0 Å². The van der Waals surface area contributed by atoms with Crippen LogP contribution in [-0.2, 0) is 0 Å². The third-order valence-electron chi connectivity index (χ3n) is 4.72. The number of hydrogen-bond donors (Lipinski definition) is 1. The Morgan fingerprint density at radius 1 is 1.29 bits per heavy atom. The lowest BCUT2D eigenvalue weighted by Crippen LogP contribution is -2.41. The molecule has 0 aromatic heterocycles. The van der Waals surface area contributed by atoms with Crippen molar-refractivity contribution in [1.29, 1.82) is 0 Å². The van der Waals surface area contributed by atoms with E-state index in [9.17, 15) is 0 Å². The summed E-state index contributed by atoms with van der Waals surface area (Å²) in [5.41, 5.74) is 3.01. The molecule has 1 aromatic rings. The Kier molecular flexibility index (Phi) is 4.98. The highest BCUT2D eigenvalue weighted by atomic mass is 16.5. The highest BCUT2D eigenvalue weighted by Crippen LogP contribution is 2.39. The van der Waals surface area contributed by atoms with E-state index in [0.717, 1.165) is 11.7 Å². The molecular weight excluding hydrogens is 258 g/mol. The van der Waals surface area contributed by atoms with Gasteiger partial charge in [0, 0.05) is 17.6 Å². The molecule has 1 aliphatic rings. The molecule has 1 aliphatic carbocycles. The number of ether oxygens (including phenoxy) is 1. The van der Waals surface area contributed by atoms with Gasteiger partial charge >= 0.3 is 0 Å². The minimum atomic E-state index is 0.325. The van der Waals surface area contributed by atoms with Gasteiger partial charge in [-0.15, -0.1) is 0 Å². The SMILES string of the molecule is COc1ccc(C)cc1C(C)NC1CC(C)CC(C)(C)C1. The van der Waals surface area contributed by atoms with E-state index in [1.807, 2.05) is 0 Å². The molecule has 118 valence electrons. The Balaban J connectivity index is 2.10. The van der Waals surface area contributed by atoms with E-state index in [1.165, 1.54) is 30.4 Å². The number of hydrogen-bond acceptors (Lipinski definition) is 2. The van der Waals surface area contributed by atoms with Crippen molar-refractivity contribution in [2.24, 2.45) is 11.3 Å². The first-order valence-electron chi connectivity index (χ1n) is 8.21. The first kappa shape index (κ1) is 16.4. The van der Waals surface area contributed by atoms with Crippen molar-refractivity contribution in [2.45, 2.75) is 66.0 Å². The minimum absolute atomic E-state index is 0.325. The zero-order valence-corrected chi connectivity index (χ0v) is 14.5. The zero-order chi connectivity index (χ0) is 15.6. The molecule has 0 radical (unpaired) electrons. The molecule has 0 bridgehead atoms. The van der Waals surface area contributed by atoms with E-state index in [-0.39, 0.29) is 0 Å². The van der Waals surface area contributed by atoms with Crippen LogP contribution in [0.3, 0.4) is 0 Å². The minimum Gasteiger partial charge on any atom is -0.496 e. The first-order valence-corrected chi connectivity index (χ1v) is 8.21. The van der Waals surface area contributed by atoms with Crippen LogP contribution in [0.2, 0.25) is 0 Å². The lowest BCUT2D eigenvalue weighted by molar-refractivity contribution is 0.145. The molecule has 2 rings (SSSR count).